The lowest BCUT2D eigenvalue weighted by Gasteiger charge is -2.29. The monoisotopic (exact) mass is 296 g/mol. The van der Waals surface area contributed by atoms with Gasteiger partial charge >= 0.3 is 0 Å². The lowest BCUT2D eigenvalue weighted by molar-refractivity contribution is 0.194. The van der Waals surface area contributed by atoms with Gasteiger partial charge in [0.2, 0.25) is 0 Å². The molecule has 1 aliphatic heterocycles. The normalized spacial score (nSPS) is 24.4. The fourth-order valence-electron chi connectivity index (χ4n) is 3.52. The molecule has 2 heteroatoms. The Hall–Kier alpha value is -0.0800. The lowest BCUT2D eigenvalue weighted by atomic mass is 10.0. The van der Waals surface area contributed by atoms with Crippen LogP contribution >= 0.6 is 0 Å². The molecular weight excluding hydrogens is 256 g/mol. The quantitative estimate of drug-likeness (QED) is 0.581. The SMILES string of the molecule is CCCCCCCCCN1CC(CC(C)C)NCCC1C. The summed E-state index contributed by atoms with van der Waals surface area (Å²) in [5.74, 6) is 0.802. The maximum absolute atomic E-state index is 3.76. The molecule has 1 fully saturated rings. The minimum Gasteiger partial charge on any atom is -0.313 e. The minimum atomic E-state index is 0.708. The number of rotatable bonds is 10. The molecule has 0 saturated carbocycles. The summed E-state index contributed by atoms with van der Waals surface area (Å²) in [6, 6.07) is 1.47. The van der Waals surface area contributed by atoms with E-state index in [1.807, 2.05) is 0 Å². The molecule has 0 aliphatic carbocycles. The zero-order valence-electron chi connectivity index (χ0n) is 15.2. The van der Waals surface area contributed by atoms with E-state index in [9.17, 15) is 0 Å². The predicted octanol–water partition coefficient (Wildman–Crippen LogP) is 4.84. The Morgan fingerprint density at radius 2 is 1.71 bits per heavy atom. The van der Waals surface area contributed by atoms with Crippen LogP contribution in [0.25, 0.3) is 0 Å². The van der Waals surface area contributed by atoms with Gasteiger partial charge in [-0.1, -0.05) is 59.3 Å². The van der Waals surface area contributed by atoms with Crippen molar-refractivity contribution in [1.82, 2.24) is 10.2 Å². The molecule has 2 atom stereocenters. The van der Waals surface area contributed by atoms with Gasteiger partial charge in [0.25, 0.3) is 0 Å². The molecule has 0 aromatic rings. The zero-order valence-corrected chi connectivity index (χ0v) is 15.2. The van der Waals surface area contributed by atoms with Crippen molar-refractivity contribution >= 4 is 0 Å². The zero-order chi connectivity index (χ0) is 15.5. The fraction of sp³-hybridized carbons (Fsp3) is 1.00. The Morgan fingerprint density at radius 3 is 2.38 bits per heavy atom. The van der Waals surface area contributed by atoms with Gasteiger partial charge in [0.1, 0.15) is 0 Å². The maximum Gasteiger partial charge on any atom is 0.0197 e. The molecule has 0 radical (unpaired) electrons. The molecule has 21 heavy (non-hydrogen) atoms. The van der Waals surface area contributed by atoms with Gasteiger partial charge in [-0.25, -0.2) is 0 Å². The van der Waals surface area contributed by atoms with Crippen molar-refractivity contribution < 1.29 is 0 Å². The van der Waals surface area contributed by atoms with Crippen molar-refractivity contribution in [2.24, 2.45) is 5.92 Å². The molecule has 0 amide bonds. The van der Waals surface area contributed by atoms with Crippen LogP contribution in [-0.2, 0) is 0 Å². The summed E-state index contributed by atoms with van der Waals surface area (Å²) in [5.41, 5.74) is 0. The van der Waals surface area contributed by atoms with Crippen molar-refractivity contribution in [1.29, 1.82) is 0 Å². The fourth-order valence-corrected chi connectivity index (χ4v) is 3.52. The molecule has 0 aromatic heterocycles. The molecule has 0 spiro atoms. The van der Waals surface area contributed by atoms with Crippen molar-refractivity contribution in [2.45, 2.75) is 97.6 Å². The molecule has 126 valence electrons. The second-order valence-corrected chi connectivity index (χ2v) is 7.53. The Morgan fingerprint density at radius 1 is 1.05 bits per heavy atom. The summed E-state index contributed by atoms with van der Waals surface area (Å²) in [4.78, 5) is 2.75. The van der Waals surface area contributed by atoms with Crippen LogP contribution in [0.15, 0.2) is 0 Å². The molecule has 0 aromatic carbocycles. The van der Waals surface area contributed by atoms with Crippen LogP contribution in [0.3, 0.4) is 0 Å². The second kappa shape index (κ2) is 11.5. The van der Waals surface area contributed by atoms with Crippen LogP contribution in [0.5, 0.6) is 0 Å². The first-order valence-corrected chi connectivity index (χ1v) is 9.61. The third kappa shape index (κ3) is 8.83. The van der Waals surface area contributed by atoms with Crippen LogP contribution < -0.4 is 5.32 Å². The summed E-state index contributed by atoms with van der Waals surface area (Å²) in [6.07, 6.45) is 12.6. The first kappa shape index (κ1) is 19.0. The van der Waals surface area contributed by atoms with Crippen molar-refractivity contribution in [3.63, 3.8) is 0 Å². The van der Waals surface area contributed by atoms with Crippen molar-refractivity contribution in [3.8, 4) is 0 Å². The summed E-state index contributed by atoms with van der Waals surface area (Å²) in [5, 5.41) is 3.76. The van der Waals surface area contributed by atoms with Gasteiger partial charge in [-0.3, -0.25) is 4.90 Å². The van der Waals surface area contributed by atoms with E-state index in [0.717, 1.165) is 12.0 Å². The third-order valence-corrected chi connectivity index (χ3v) is 4.88. The highest BCUT2D eigenvalue weighted by atomic mass is 15.2. The van der Waals surface area contributed by atoms with Crippen molar-refractivity contribution in [2.75, 3.05) is 19.6 Å². The summed E-state index contributed by atoms with van der Waals surface area (Å²) < 4.78 is 0. The number of hydrogen-bond acceptors (Lipinski definition) is 2. The van der Waals surface area contributed by atoms with E-state index in [1.165, 1.54) is 77.4 Å². The Labute approximate surface area is 134 Å². The molecule has 1 saturated heterocycles. The van der Waals surface area contributed by atoms with E-state index in [1.54, 1.807) is 0 Å². The average Bonchev–Trinajstić information content (AvgIpc) is 2.59. The summed E-state index contributed by atoms with van der Waals surface area (Å²) in [6.45, 7) is 13.2. The lowest BCUT2D eigenvalue weighted by Crippen LogP contribution is -2.41. The average molecular weight is 297 g/mol. The van der Waals surface area contributed by atoms with E-state index in [2.05, 4.69) is 37.9 Å². The molecule has 0 bridgehead atoms. The summed E-state index contributed by atoms with van der Waals surface area (Å²) >= 11 is 0. The molecule has 1 rings (SSSR count). The van der Waals surface area contributed by atoms with E-state index in [4.69, 9.17) is 0 Å². The summed E-state index contributed by atoms with van der Waals surface area (Å²) in [7, 11) is 0. The van der Waals surface area contributed by atoms with E-state index >= 15 is 0 Å². The van der Waals surface area contributed by atoms with Gasteiger partial charge in [0.05, 0.1) is 0 Å². The largest absolute Gasteiger partial charge is 0.313 e. The second-order valence-electron chi connectivity index (χ2n) is 7.53. The van der Waals surface area contributed by atoms with Crippen LogP contribution in [0.2, 0.25) is 0 Å². The topological polar surface area (TPSA) is 15.3 Å². The van der Waals surface area contributed by atoms with Crippen LogP contribution in [0.4, 0.5) is 0 Å². The van der Waals surface area contributed by atoms with Crippen molar-refractivity contribution in [3.05, 3.63) is 0 Å². The molecule has 2 unspecified atom stereocenters. The van der Waals surface area contributed by atoms with E-state index < -0.39 is 0 Å². The Balaban J connectivity index is 2.20. The highest BCUT2D eigenvalue weighted by Crippen LogP contribution is 2.15. The Bertz CT molecular complexity index is 240. The van der Waals surface area contributed by atoms with E-state index in [-0.39, 0.29) is 0 Å². The number of unbranched alkanes of at least 4 members (excludes halogenated alkanes) is 6. The number of hydrogen-bond donors (Lipinski definition) is 1. The molecule has 2 nitrogen and oxygen atoms in total. The van der Waals surface area contributed by atoms with Crippen LogP contribution in [0.1, 0.15) is 85.5 Å². The van der Waals surface area contributed by atoms with Gasteiger partial charge in [-0.15, -0.1) is 0 Å². The van der Waals surface area contributed by atoms with E-state index in [0.29, 0.717) is 6.04 Å². The molecular formula is C19H40N2. The first-order valence-electron chi connectivity index (χ1n) is 9.61. The van der Waals surface area contributed by atoms with Gasteiger partial charge < -0.3 is 5.32 Å². The first-order chi connectivity index (χ1) is 10.1. The smallest absolute Gasteiger partial charge is 0.0197 e. The highest BCUT2D eigenvalue weighted by Gasteiger charge is 2.22. The number of nitrogens with zero attached hydrogens (tertiary/aromatic N) is 1. The van der Waals surface area contributed by atoms with Gasteiger partial charge in [0, 0.05) is 18.6 Å². The van der Waals surface area contributed by atoms with Gasteiger partial charge in [0.15, 0.2) is 0 Å². The Kier molecular flexibility index (Phi) is 10.4. The van der Waals surface area contributed by atoms with Crippen LogP contribution in [0, 0.1) is 5.92 Å². The molecule has 1 heterocycles. The van der Waals surface area contributed by atoms with Crippen LogP contribution in [-0.4, -0.2) is 36.6 Å². The third-order valence-electron chi connectivity index (χ3n) is 4.88. The minimum absolute atomic E-state index is 0.708. The number of nitrogens with one attached hydrogen (secondary N) is 1. The van der Waals surface area contributed by atoms with Gasteiger partial charge in [-0.2, -0.15) is 0 Å². The standard InChI is InChI=1S/C19H40N2/c1-5-6-7-8-9-10-11-14-21-16-19(15-17(2)3)20-13-12-18(21)4/h17-20H,5-16H2,1-4H3. The van der Waals surface area contributed by atoms with Gasteiger partial charge in [-0.05, 0) is 45.2 Å². The maximum atomic E-state index is 3.76. The molecule has 1 N–H and O–H groups in total. The molecule has 1 aliphatic rings. The highest BCUT2D eigenvalue weighted by molar-refractivity contribution is 4.81. The predicted molar refractivity (Wildman–Crippen MR) is 94.9 cm³/mol.